The van der Waals surface area contributed by atoms with E-state index in [0.29, 0.717) is 28.5 Å². The average Bonchev–Trinajstić information content (AvgIpc) is 2.98. The molecule has 2 N–H and O–H groups in total. The maximum Gasteiger partial charge on any atom is 0.263 e. The van der Waals surface area contributed by atoms with Gasteiger partial charge in [0.15, 0.2) is 0 Å². The normalized spacial score (nSPS) is 10.7. The maximum absolute atomic E-state index is 5.84. The van der Waals surface area contributed by atoms with Gasteiger partial charge in [0.2, 0.25) is 11.0 Å². The van der Waals surface area contributed by atoms with Crippen LogP contribution >= 0.6 is 11.6 Å². The fraction of sp³-hybridized carbons (Fsp3) is 0. The van der Waals surface area contributed by atoms with E-state index in [1.54, 1.807) is 12.1 Å². The minimum absolute atomic E-state index is 0.214. The van der Waals surface area contributed by atoms with Crippen LogP contribution < -0.4 is 5.73 Å². The Labute approximate surface area is 107 Å². The zero-order valence-electron chi connectivity index (χ0n) is 9.13. The van der Waals surface area contributed by atoms with Gasteiger partial charge in [-0.25, -0.2) is 0 Å². The van der Waals surface area contributed by atoms with Crippen LogP contribution in [0.25, 0.3) is 22.8 Å². The third-order valence-corrected chi connectivity index (χ3v) is 2.77. The van der Waals surface area contributed by atoms with Gasteiger partial charge in [-0.3, -0.25) is 0 Å². The fourth-order valence-corrected chi connectivity index (χ4v) is 1.78. The Balaban J connectivity index is 2.05. The molecule has 0 unspecified atom stereocenters. The third-order valence-electron chi connectivity index (χ3n) is 2.48. The molecule has 2 aromatic heterocycles. The van der Waals surface area contributed by atoms with E-state index in [0.717, 1.165) is 0 Å². The molecular formula is C12H8ClN3O2. The van der Waals surface area contributed by atoms with Crippen LogP contribution in [0.15, 0.2) is 45.5 Å². The van der Waals surface area contributed by atoms with Crippen molar-refractivity contribution in [2.75, 3.05) is 5.73 Å². The smallest absolute Gasteiger partial charge is 0.263 e. The molecule has 0 aliphatic heterocycles. The molecule has 5 nitrogen and oxygen atoms in total. The first-order valence-electron chi connectivity index (χ1n) is 5.17. The first-order chi connectivity index (χ1) is 8.75. The Morgan fingerprint density at radius 3 is 2.67 bits per heavy atom. The van der Waals surface area contributed by atoms with Gasteiger partial charge in [-0.05, 0) is 29.8 Å². The maximum atomic E-state index is 5.84. The highest BCUT2D eigenvalue weighted by molar-refractivity contribution is 6.31. The van der Waals surface area contributed by atoms with E-state index in [9.17, 15) is 0 Å². The van der Waals surface area contributed by atoms with Gasteiger partial charge >= 0.3 is 0 Å². The number of aromatic nitrogens is 2. The van der Waals surface area contributed by atoms with Crippen LogP contribution in [0.5, 0.6) is 0 Å². The summed E-state index contributed by atoms with van der Waals surface area (Å²) < 4.78 is 10.1. The van der Waals surface area contributed by atoms with E-state index in [1.165, 1.54) is 6.26 Å². The number of furan rings is 1. The second-order valence-electron chi connectivity index (χ2n) is 3.62. The molecule has 0 amide bonds. The lowest BCUT2D eigenvalue weighted by molar-refractivity contribution is 0.431. The van der Waals surface area contributed by atoms with Crippen LogP contribution in [0.2, 0.25) is 5.22 Å². The van der Waals surface area contributed by atoms with Crippen molar-refractivity contribution >= 4 is 17.3 Å². The summed E-state index contributed by atoms with van der Waals surface area (Å²) in [6.07, 6.45) is 1.46. The number of anilines is 1. The van der Waals surface area contributed by atoms with Gasteiger partial charge in [0, 0.05) is 11.3 Å². The molecular weight excluding hydrogens is 254 g/mol. The lowest BCUT2D eigenvalue weighted by atomic mass is 10.2. The third kappa shape index (κ3) is 1.74. The van der Waals surface area contributed by atoms with Crippen LogP contribution in [-0.2, 0) is 0 Å². The second-order valence-corrected chi connectivity index (χ2v) is 3.96. The molecule has 0 aliphatic carbocycles. The standard InChI is InChI=1S/C12H8ClN3O2/c13-10-8(5-6-17-10)12-15-11(16-18-12)7-3-1-2-4-9(7)14/h1-6H,14H2. The van der Waals surface area contributed by atoms with E-state index in [2.05, 4.69) is 10.1 Å². The zero-order valence-corrected chi connectivity index (χ0v) is 9.89. The van der Waals surface area contributed by atoms with E-state index in [-0.39, 0.29) is 5.22 Å². The summed E-state index contributed by atoms with van der Waals surface area (Å²) in [5, 5.41) is 4.09. The van der Waals surface area contributed by atoms with Crippen LogP contribution in [0.3, 0.4) is 0 Å². The summed E-state index contributed by atoms with van der Waals surface area (Å²) >= 11 is 5.84. The zero-order chi connectivity index (χ0) is 12.5. The van der Waals surface area contributed by atoms with Gasteiger partial charge in [0.25, 0.3) is 5.89 Å². The molecule has 90 valence electrons. The van der Waals surface area contributed by atoms with Crippen molar-refractivity contribution in [3.63, 3.8) is 0 Å². The first-order valence-corrected chi connectivity index (χ1v) is 5.55. The summed E-state index contributed by atoms with van der Waals surface area (Å²) in [5.74, 6) is 0.715. The Morgan fingerprint density at radius 1 is 1.11 bits per heavy atom. The van der Waals surface area contributed by atoms with Gasteiger partial charge in [-0.2, -0.15) is 4.98 Å². The van der Waals surface area contributed by atoms with Gasteiger partial charge in [-0.1, -0.05) is 17.3 Å². The molecule has 0 atom stereocenters. The molecule has 3 rings (SSSR count). The molecule has 0 saturated heterocycles. The molecule has 6 heteroatoms. The molecule has 0 spiro atoms. The van der Waals surface area contributed by atoms with Crippen molar-refractivity contribution in [3.8, 4) is 22.8 Å². The minimum atomic E-state index is 0.214. The van der Waals surface area contributed by atoms with Crippen LogP contribution in [0.1, 0.15) is 0 Å². The lowest BCUT2D eigenvalue weighted by Gasteiger charge is -1.97. The van der Waals surface area contributed by atoms with Gasteiger partial charge < -0.3 is 14.7 Å². The predicted octanol–water partition coefficient (Wildman–Crippen LogP) is 3.23. The van der Waals surface area contributed by atoms with Crippen molar-refractivity contribution in [2.45, 2.75) is 0 Å². The van der Waals surface area contributed by atoms with Gasteiger partial charge in [0.05, 0.1) is 11.8 Å². The number of nitrogens with two attached hydrogens (primary N) is 1. The average molecular weight is 262 g/mol. The van der Waals surface area contributed by atoms with Crippen molar-refractivity contribution in [3.05, 3.63) is 41.8 Å². The van der Waals surface area contributed by atoms with Gasteiger partial charge in [0.1, 0.15) is 0 Å². The molecule has 1 aromatic carbocycles. The lowest BCUT2D eigenvalue weighted by Crippen LogP contribution is -1.90. The Hall–Kier alpha value is -2.27. The van der Waals surface area contributed by atoms with Crippen LogP contribution in [0, 0.1) is 0 Å². The molecule has 0 fully saturated rings. The summed E-state index contributed by atoms with van der Waals surface area (Å²) in [4.78, 5) is 4.24. The van der Waals surface area contributed by atoms with E-state index >= 15 is 0 Å². The Bertz CT molecular complexity index is 690. The molecule has 0 radical (unpaired) electrons. The number of benzene rings is 1. The second kappa shape index (κ2) is 4.19. The Morgan fingerprint density at radius 2 is 1.94 bits per heavy atom. The van der Waals surface area contributed by atoms with Crippen molar-refractivity contribution < 1.29 is 8.94 Å². The van der Waals surface area contributed by atoms with Crippen LogP contribution in [-0.4, -0.2) is 10.1 Å². The quantitative estimate of drug-likeness (QED) is 0.717. The van der Waals surface area contributed by atoms with Crippen molar-refractivity contribution in [2.24, 2.45) is 0 Å². The molecule has 18 heavy (non-hydrogen) atoms. The summed E-state index contributed by atoms with van der Waals surface area (Å²) in [7, 11) is 0. The molecule has 3 aromatic rings. The number of rotatable bonds is 2. The monoisotopic (exact) mass is 261 g/mol. The largest absolute Gasteiger partial charge is 0.452 e. The molecule has 0 bridgehead atoms. The number of para-hydroxylation sites is 1. The van der Waals surface area contributed by atoms with Crippen LogP contribution in [0.4, 0.5) is 5.69 Å². The highest BCUT2D eigenvalue weighted by atomic mass is 35.5. The van der Waals surface area contributed by atoms with Crippen molar-refractivity contribution in [1.82, 2.24) is 10.1 Å². The fourth-order valence-electron chi connectivity index (χ4n) is 1.59. The molecule has 2 heterocycles. The van der Waals surface area contributed by atoms with Gasteiger partial charge in [-0.15, -0.1) is 0 Å². The predicted molar refractivity (Wildman–Crippen MR) is 66.9 cm³/mol. The van der Waals surface area contributed by atoms with E-state index < -0.39 is 0 Å². The summed E-state index contributed by atoms with van der Waals surface area (Å²) in [5.41, 5.74) is 7.71. The summed E-state index contributed by atoms with van der Waals surface area (Å²) in [6, 6.07) is 8.95. The molecule has 0 aliphatic rings. The van der Waals surface area contributed by atoms with Crippen molar-refractivity contribution in [1.29, 1.82) is 0 Å². The first kappa shape index (κ1) is 10.9. The number of halogens is 1. The number of nitrogens with zero attached hydrogens (tertiary/aromatic N) is 2. The Kier molecular flexibility index (Phi) is 2.53. The highest BCUT2D eigenvalue weighted by Gasteiger charge is 2.16. The topological polar surface area (TPSA) is 78.1 Å². The minimum Gasteiger partial charge on any atom is -0.452 e. The van der Waals surface area contributed by atoms with E-state index in [1.807, 2.05) is 18.2 Å². The number of hydrogen-bond acceptors (Lipinski definition) is 5. The number of nitrogen functional groups attached to an aromatic ring is 1. The highest BCUT2D eigenvalue weighted by Crippen LogP contribution is 2.30. The summed E-state index contributed by atoms with van der Waals surface area (Å²) in [6.45, 7) is 0. The molecule has 0 saturated carbocycles. The van der Waals surface area contributed by atoms with E-state index in [4.69, 9.17) is 26.3 Å². The number of hydrogen-bond donors (Lipinski definition) is 1. The SMILES string of the molecule is Nc1ccccc1-c1noc(-c2ccoc2Cl)n1.